The molecule has 0 aromatic carbocycles. The number of rotatable bonds is 4. The van der Waals surface area contributed by atoms with Crippen LogP contribution in [0, 0.1) is 0 Å². The number of hydrogen-bond donors (Lipinski definition) is 1. The van der Waals surface area contributed by atoms with Crippen molar-refractivity contribution >= 4 is 5.91 Å². The van der Waals surface area contributed by atoms with Crippen LogP contribution in [0.2, 0.25) is 0 Å². The van der Waals surface area contributed by atoms with E-state index in [9.17, 15) is 4.79 Å². The van der Waals surface area contributed by atoms with Crippen LogP contribution in [-0.4, -0.2) is 60.0 Å². The van der Waals surface area contributed by atoms with Crippen molar-refractivity contribution in [3.05, 3.63) is 30.1 Å². The van der Waals surface area contributed by atoms with Gasteiger partial charge in [0.1, 0.15) is 0 Å². The Balaban J connectivity index is 1.90. The lowest BCUT2D eigenvalue weighted by molar-refractivity contribution is 0.0761. The fourth-order valence-electron chi connectivity index (χ4n) is 2.38. The maximum atomic E-state index is 12.3. The third kappa shape index (κ3) is 4.01. The summed E-state index contributed by atoms with van der Waals surface area (Å²) in [7, 11) is 0. The molecule has 1 aromatic rings. The predicted molar refractivity (Wildman–Crippen MR) is 74.9 cm³/mol. The third-order valence-electron chi connectivity index (χ3n) is 3.46. The molecular weight excluding hydrogens is 240 g/mol. The second kappa shape index (κ2) is 7.21. The molecule has 0 saturated carbocycles. The van der Waals surface area contributed by atoms with Gasteiger partial charge in [-0.2, -0.15) is 0 Å². The van der Waals surface area contributed by atoms with Crippen LogP contribution < -0.4 is 5.73 Å². The summed E-state index contributed by atoms with van der Waals surface area (Å²) in [4.78, 5) is 20.7. The van der Waals surface area contributed by atoms with E-state index in [1.54, 1.807) is 18.5 Å². The van der Waals surface area contributed by atoms with Gasteiger partial charge < -0.3 is 15.5 Å². The van der Waals surface area contributed by atoms with Crippen LogP contribution in [0.15, 0.2) is 24.5 Å². The van der Waals surface area contributed by atoms with Gasteiger partial charge >= 0.3 is 0 Å². The average Bonchev–Trinajstić information content (AvgIpc) is 2.71. The zero-order chi connectivity index (χ0) is 13.5. The summed E-state index contributed by atoms with van der Waals surface area (Å²) in [5, 5.41) is 0. The van der Waals surface area contributed by atoms with Crippen molar-refractivity contribution in [2.24, 2.45) is 5.73 Å². The lowest BCUT2D eigenvalue weighted by Gasteiger charge is -2.21. The fourth-order valence-corrected chi connectivity index (χ4v) is 2.38. The molecule has 0 aliphatic carbocycles. The van der Waals surface area contributed by atoms with E-state index >= 15 is 0 Å². The smallest absolute Gasteiger partial charge is 0.255 e. The van der Waals surface area contributed by atoms with Gasteiger partial charge in [0.15, 0.2) is 0 Å². The summed E-state index contributed by atoms with van der Waals surface area (Å²) in [5.74, 6) is 0.0915. The maximum absolute atomic E-state index is 12.3. The molecule has 0 unspecified atom stereocenters. The minimum atomic E-state index is 0.0915. The largest absolute Gasteiger partial charge is 0.337 e. The predicted octanol–water partition coefficient (Wildman–Crippen LogP) is 0.578. The van der Waals surface area contributed by atoms with Gasteiger partial charge in [0, 0.05) is 32.0 Å². The Bertz CT molecular complexity index is 396. The first-order chi connectivity index (χ1) is 9.31. The molecule has 0 radical (unpaired) electrons. The molecule has 104 valence electrons. The van der Waals surface area contributed by atoms with Gasteiger partial charge in [0.2, 0.25) is 0 Å². The first kappa shape index (κ1) is 14.0. The molecular formula is C14H22N4O. The number of hydrogen-bond acceptors (Lipinski definition) is 4. The molecule has 5 heteroatoms. The number of pyridine rings is 1. The van der Waals surface area contributed by atoms with E-state index in [0.29, 0.717) is 5.56 Å². The van der Waals surface area contributed by atoms with E-state index < -0.39 is 0 Å². The second-order valence-corrected chi connectivity index (χ2v) is 4.87. The number of nitrogens with two attached hydrogens (primary N) is 1. The molecule has 2 N–H and O–H groups in total. The van der Waals surface area contributed by atoms with Crippen LogP contribution >= 0.6 is 0 Å². The van der Waals surface area contributed by atoms with Gasteiger partial charge in [-0.05, 0) is 44.6 Å². The highest BCUT2D eigenvalue weighted by molar-refractivity contribution is 5.93. The van der Waals surface area contributed by atoms with Gasteiger partial charge in [-0.25, -0.2) is 0 Å². The third-order valence-corrected chi connectivity index (χ3v) is 3.46. The molecule has 1 amide bonds. The molecule has 2 heterocycles. The van der Waals surface area contributed by atoms with E-state index in [0.717, 1.165) is 52.1 Å². The van der Waals surface area contributed by atoms with Crippen LogP contribution in [0.5, 0.6) is 0 Å². The summed E-state index contributed by atoms with van der Waals surface area (Å²) >= 11 is 0. The van der Waals surface area contributed by atoms with Gasteiger partial charge in [0.25, 0.3) is 5.91 Å². The van der Waals surface area contributed by atoms with Crippen LogP contribution in [0.3, 0.4) is 0 Å². The molecule has 1 saturated heterocycles. The molecule has 1 aromatic heterocycles. The number of carbonyl (C=O) groups is 1. The van der Waals surface area contributed by atoms with Crippen molar-refractivity contribution in [3.63, 3.8) is 0 Å². The zero-order valence-corrected chi connectivity index (χ0v) is 11.3. The summed E-state index contributed by atoms with van der Waals surface area (Å²) in [6.07, 6.45) is 5.38. The first-order valence-corrected chi connectivity index (χ1v) is 6.93. The molecule has 5 nitrogen and oxygen atoms in total. The van der Waals surface area contributed by atoms with Crippen LogP contribution in [0.1, 0.15) is 23.2 Å². The Hall–Kier alpha value is -1.46. The van der Waals surface area contributed by atoms with Crippen molar-refractivity contribution in [2.75, 3.05) is 39.3 Å². The number of aromatic nitrogens is 1. The molecule has 1 aliphatic rings. The Labute approximate surface area is 114 Å². The Morgan fingerprint density at radius 2 is 2.21 bits per heavy atom. The summed E-state index contributed by atoms with van der Waals surface area (Å²) in [6, 6.07) is 3.63. The molecule has 2 rings (SSSR count). The second-order valence-electron chi connectivity index (χ2n) is 4.87. The van der Waals surface area contributed by atoms with Crippen molar-refractivity contribution < 1.29 is 4.79 Å². The van der Waals surface area contributed by atoms with E-state index in [2.05, 4.69) is 9.88 Å². The maximum Gasteiger partial charge on any atom is 0.255 e. The summed E-state index contributed by atoms with van der Waals surface area (Å²) < 4.78 is 0. The number of carbonyl (C=O) groups excluding carboxylic acids is 1. The lowest BCUT2D eigenvalue weighted by Crippen LogP contribution is -2.35. The molecule has 1 aliphatic heterocycles. The van der Waals surface area contributed by atoms with Gasteiger partial charge in [0.05, 0.1) is 5.56 Å². The van der Waals surface area contributed by atoms with Gasteiger partial charge in [-0.3, -0.25) is 9.78 Å². The highest BCUT2D eigenvalue weighted by atomic mass is 16.2. The van der Waals surface area contributed by atoms with Crippen LogP contribution in [0.4, 0.5) is 0 Å². The topological polar surface area (TPSA) is 62.5 Å². The average molecular weight is 262 g/mol. The quantitative estimate of drug-likeness (QED) is 0.862. The molecule has 19 heavy (non-hydrogen) atoms. The lowest BCUT2D eigenvalue weighted by atomic mass is 10.2. The zero-order valence-electron chi connectivity index (χ0n) is 11.3. The highest BCUT2D eigenvalue weighted by Crippen LogP contribution is 2.08. The normalized spacial score (nSPS) is 17.2. The Morgan fingerprint density at radius 3 is 2.95 bits per heavy atom. The Kier molecular flexibility index (Phi) is 5.30. The molecule has 0 spiro atoms. The molecule has 1 fully saturated rings. The minimum Gasteiger partial charge on any atom is -0.337 e. The standard InChI is InChI=1S/C14H22N4O/c15-5-2-7-17-8-3-9-18(11-10-17)14(19)13-4-1-6-16-12-13/h1,4,6,12H,2-3,5,7-11,15H2. The number of amides is 1. The van der Waals surface area contributed by atoms with E-state index in [4.69, 9.17) is 5.73 Å². The van der Waals surface area contributed by atoms with E-state index in [1.807, 2.05) is 11.0 Å². The monoisotopic (exact) mass is 262 g/mol. The SMILES string of the molecule is NCCCN1CCCN(C(=O)c2cccnc2)CC1. The van der Waals surface area contributed by atoms with E-state index in [1.165, 1.54) is 0 Å². The fraction of sp³-hybridized carbons (Fsp3) is 0.571. The minimum absolute atomic E-state index is 0.0915. The van der Waals surface area contributed by atoms with Gasteiger partial charge in [-0.15, -0.1) is 0 Å². The van der Waals surface area contributed by atoms with Gasteiger partial charge in [-0.1, -0.05) is 0 Å². The summed E-state index contributed by atoms with van der Waals surface area (Å²) in [6.45, 7) is 5.37. The van der Waals surface area contributed by atoms with Crippen molar-refractivity contribution in [2.45, 2.75) is 12.8 Å². The van der Waals surface area contributed by atoms with Crippen LogP contribution in [-0.2, 0) is 0 Å². The van der Waals surface area contributed by atoms with Crippen molar-refractivity contribution in [1.82, 2.24) is 14.8 Å². The van der Waals surface area contributed by atoms with Crippen LogP contribution in [0.25, 0.3) is 0 Å². The Morgan fingerprint density at radius 1 is 1.32 bits per heavy atom. The highest BCUT2D eigenvalue weighted by Gasteiger charge is 2.19. The number of nitrogens with zero attached hydrogens (tertiary/aromatic N) is 3. The molecule has 0 bridgehead atoms. The molecule has 0 atom stereocenters. The van der Waals surface area contributed by atoms with E-state index in [-0.39, 0.29) is 5.91 Å². The van der Waals surface area contributed by atoms with Crippen molar-refractivity contribution in [1.29, 1.82) is 0 Å². The first-order valence-electron chi connectivity index (χ1n) is 6.93. The summed E-state index contributed by atoms with van der Waals surface area (Å²) in [5.41, 5.74) is 6.22. The van der Waals surface area contributed by atoms with Crippen molar-refractivity contribution in [3.8, 4) is 0 Å².